The van der Waals surface area contributed by atoms with Gasteiger partial charge in [0.25, 0.3) is 0 Å². The molecule has 38 heavy (non-hydrogen) atoms. The van der Waals surface area contributed by atoms with Crippen LogP contribution >= 0.6 is 0 Å². The molecule has 2 atom stereocenters. The molecule has 5 rings (SSSR count). The summed E-state index contributed by atoms with van der Waals surface area (Å²) in [5, 5.41) is 2.65. The van der Waals surface area contributed by atoms with Crippen LogP contribution in [0, 0.1) is 5.92 Å². The standard InChI is InChI=1S/C31H34N2O5/c1-37-30(35)17-21-14-15-33(19-23-9-3-2-8-22(23)16-21)29(34)18-32-31(36)38-20-28-26-12-6-4-10-24(26)25-11-5-7-13-27(25)28/h2-4,6-10,12-13,21,28H,5,11,14-20H2,1H3,(H,32,36). The van der Waals surface area contributed by atoms with Crippen molar-refractivity contribution in [3.05, 3.63) is 88.5 Å². The predicted octanol–water partition coefficient (Wildman–Crippen LogP) is 4.77. The summed E-state index contributed by atoms with van der Waals surface area (Å²) in [5.41, 5.74) is 7.20. The van der Waals surface area contributed by atoms with E-state index in [4.69, 9.17) is 9.47 Å². The number of methoxy groups -OCH3 is 1. The van der Waals surface area contributed by atoms with E-state index in [1.807, 2.05) is 36.4 Å². The number of nitrogens with one attached hydrogen (secondary N) is 1. The lowest BCUT2D eigenvalue weighted by atomic mass is 9.89. The number of hydrogen-bond donors (Lipinski definition) is 1. The van der Waals surface area contributed by atoms with Crippen LogP contribution in [0.4, 0.5) is 4.79 Å². The van der Waals surface area contributed by atoms with Crippen LogP contribution in [0.15, 0.2) is 66.3 Å². The molecule has 0 radical (unpaired) electrons. The second kappa shape index (κ2) is 11.7. The molecule has 2 aromatic rings. The second-order valence-electron chi connectivity index (χ2n) is 10.2. The first-order chi connectivity index (χ1) is 18.5. The zero-order valence-corrected chi connectivity index (χ0v) is 21.8. The molecular formula is C31H34N2O5. The fraction of sp³-hybridized carbons (Fsp3) is 0.387. The molecule has 7 heteroatoms. The molecule has 1 N–H and O–H groups in total. The normalized spacial score (nSPS) is 20.0. The minimum Gasteiger partial charge on any atom is -0.469 e. The largest absolute Gasteiger partial charge is 0.469 e. The van der Waals surface area contributed by atoms with Crippen LogP contribution in [-0.4, -0.2) is 49.7 Å². The minimum atomic E-state index is -0.597. The highest BCUT2D eigenvalue weighted by atomic mass is 16.5. The number of benzene rings is 2. The van der Waals surface area contributed by atoms with Gasteiger partial charge in [0.2, 0.25) is 5.91 Å². The van der Waals surface area contributed by atoms with E-state index in [2.05, 4.69) is 29.6 Å². The second-order valence-corrected chi connectivity index (χ2v) is 10.2. The van der Waals surface area contributed by atoms with Gasteiger partial charge in [-0.3, -0.25) is 9.59 Å². The molecular weight excluding hydrogens is 480 g/mol. The first-order valence-corrected chi connectivity index (χ1v) is 13.3. The number of carbonyl (C=O) groups is 3. The van der Waals surface area contributed by atoms with Crippen LogP contribution in [0.5, 0.6) is 0 Å². The van der Waals surface area contributed by atoms with E-state index in [0.717, 1.165) is 30.4 Å². The Hall–Kier alpha value is -3.87. The van der Waals surface area contributed by atoms with Crippen molar-refractivity contribution in [2.24, 2.45) is 5.92 Å². The summed E-state index contributed by atoms with van der Waals surface area (Å²) in [4.78, 5) is 39.4. The predicted molar refractivity (Wildman–Crippen MR) is 144 cm³/mol. The fourth-order valence-corrected chi connectivity index (χ4v) is 5.85. The van der Waals surface area contributed by atoms with Crippen LogP contribution in [0.25, 0.3) is 5.57 Å². The summed E-state index contributed by atoms with van der Waals surface area (Å²) < 4.78 is 10.5. The average molecular weight is 515 g/mol. The lowest BCUT2D eigenvalue weighted by Gasteiger charge is -2.30. The van der Waals surface area contributed by atoms with E-state index in [0.29, 0.717) is 25.9 Å². The van der Waals surface area contributed by atoms with Crippen molar-refractivity contribution in [2.45, 2.75) is 44.6 Å². The maximum atomic E-state index is 13.1. The third kappa shape index (κ3) is 5.67. The van der Waals surface area contributed by atoms with Gasteiger partial charge >= 0.3 is 12.1 Å². The summed E-state index contributed by atoms with van der Waals surface area (Å²) in [6.45, 7) is 1.07. The monoisotopic (exact) mass is 514 g/mol. The van der Waals surface area contributed by atoms with Crippen molar-refractivity contribution in [3.63, 3.8) is 0 Å². The maximum Gasteiger partial charge on any atom is 0.407 e. The molecule has 0 aromatic heterocycles. The third-order valence-electron chi connectivity index (χ3n) is 7.84. The van der Waals surface area contributed by atoms with Crippen LogP contribution in [0.3, 0.4) is 0 Å². The molecule has 198 valence electrons. The number of allylic oxidation sites excluding steroid dienone is 3. The number of amides is 2. The Balaban J connectivity index is 1.18. The summed E-state index contributed by atoms with van der Waals surface area (Å²) in [6, 6.07) is 16.3. The number of fused-ring (bicyclic) bond motifs is 3. The van der Waals surface area contributed by atoms with Gasteiger partial charge in [0, 0.05) is 25.4 Å². The maximum absolute atomic E-state index is 13.1. The van der Waals surface area contributed by atoms with Gasteiger partial charge in [0.05, 0.1) is 7.11 Å². The Morgan fingerprint density at radius 2 is 1.84 bits per heavy atom. The number of rotatable bonds is 6. The first-order valence-electron chi connectivity index (χ1n) is 13.3. The van der Waals surface area contributed by atoms with Crippen molar-refractivity contribution in [2.75, 3.05) is 26.8 Å². The Morgan fingerprint density at radius 3 is 2.68 bits per heavy atom. The number of esters is 1. The van der Waals surface area contributed by atoms with Gasteiger partial charge < -0.3 is 19.7 Å². The molecule has 0 fully saturated rings. The van der Waals surface area contributed by atoms with Crippen molar-refractivity contribution in [3.8, 4) is 0 Å². The highest BCUT2D eigenvalue weighted by Gasteiger charge is 2.31. The molecule has 0 saturated heterocycles. The molecule has 1 aliphatic heterocycles. The molecule has 7 nitrogen and oxygen atoms in total. The van der Waals surface area contributed by atoms with E-state index >= 15 is 0 Å². The molecule has 2 unspecified atom stereocenters. The van der Waals surface area contributed by atoms with Crippen molar-refractivity contribution >= 4 is 23.5 Å². The van der Waals surface area contributed by atoms with Gasteiger partial charge in [-0.1, -0.05) is 60.7 Å². The van der Waals surface area contributed by atoms with E-state index in [1.165, 1.54) is 29.4 Å². The Morgan fingerprint density at radius 1 is 1.05 bits per heavy atom. The summed E-state index contributed by atoms with van der Waals surface area (Å²) in [7, 11) is 1.40. The number of ether oxygens (including phenoxy) is 2. The Labute approximate surface area is 223 Å². The van der Waals surface area contributed by atoms with E-state index in [9.17, 15) is 14.4 Å². The molecule has 0 spiro atoms. The zero-order chi connectivity index (χ0) is 26.5. The first kappa shape index (κ1) is 25.8. The Bertz CT molecular complexity index is 1280. The van der Waals surface area contributed by atoms with E-state index < -0.39 is 6.09 Å². The highest BCUT2D eigenvalue weighted by molar-refractivity contribution is 5.83. The van der Waals surface area contributed by atoms with Crippen molar-refractivity contribution < 1.29 is 23.9 Å². The van der Waals surface area contributed by atoms with Crippen LogP contribution in [0.2, 0.25) is 0 Å². The number of carbonyl (C=O) groups excluding carboxylic acids is 3. The summed E-state index contributed by atoms with van der Waals surface area (Å²) >= 11 is 0. The molecule has 1 heterocycles. The molecule has 2 aliphatic carbocycles. The van der Waals surface area contributed by atoms with Gasteiger partial charge in [-0.05, 0) is 65.0 Å². The smallest absolute Gasteiger partial charge is 0.407 e. The molecule has 0 saturated carbocycles. The van der Waals surface area contributed by atoms with Crippen LogP contribution in [-0.2, 0) is 32.0 Å². The summed E-state index contributed by atoms with van der Waals surface area (Å²) in [5.74, 6) is -0.329. The number of alkyl carbamates (subject to hydrolysis) is 1. The van der Waals surface area contributed by atoms with Gasteiger partial charge in [0.1, 0.15) is 13.2 Å². The van der Waals surface area contributed by atoms with Crippen molar-refractivity contribution in [1.82, 2.24) is 10.2 Å². The fourth-order valence-electron chi connectivity index (χ4n) is 5.85. The van der Waals surface area contributed by atoms with Crippen LogP contribution in [0.1, 0.15) is 53.9 Å². The molecule has 2 aromatic carbocycles. The molecule has 3 aliphatic rings. The number of hydrogen-bond acceptors (Lipinski definition) is 5. The minimum absolute atomic E-state index is 0.0109. The molecule has 0 bridgehead atoms. The van der Waals surface area contributed by atoms with Gasteiger partial charge in [-0.25, -0.2) is 4.79 Å². The van der Waals surface area contributed by atoms with Crippen molar-refractivity contribution in [1.29, 1.82) is 0 Å². The quantitative estimate of drug-likeness (QED) is 0.562. The highest BCUT2D eigenvalue weighted by Crippen LogP contribution is 2.46. The molecule has 2 amide bonds. The SMILES string of the molecule is COC(=O)CC1CCN(C(=O)CNC(=O)OCC2C3=C(CCC=C3)c3ccccc32)Cc2ccccc2C1. The topological polar surface area (TPSA) is 84.9 Å². The van der Waals surface area contributed by atoms with E-state index in [-0.39, 0.29) is 36.9 Å². The number of nitrogens with zero attached hydrogens (tertiary/aromatic N) is 1. The Kier molecular flexibility index (Phi) is 7.91. The lowest BCUT2D eigenvalue weighted by molar-refractivity contribution is -0.141. The average Bonchev–Trinajstić information content (AvgIpc) is 3.25. The lowest BCUT2D eigenvalue weighted by Crippen LogP contribution is -2.42. The van der Waals surface area contributed by atoms with Gasteiger partial charge in [-0.2, -0.15) is 0 Å². The van der Waals surface area contributed by atoms with Gasteiger partial charge in [0.15, 0.2) is 0 Å². The third-order valence-corrected chi connectivity index (χ3v) is 7.84. The zero-order valence-electron chi connectivity index (χ0n) is 21.8. The summed E-state index contributed by atoms with van der Waals surface area (Å²) in [6.07, 6.45) is 7.53. The van der Waals surface area contributed by atoms with E-state index in [1.54, 1.807) is 4.90 Å². The van der Waals surface area contributed by atoms with Crippen LogP contribution < -0.4 is 5.32 Å². The van der Waals surface area contributed by atoms with Gasteiger partial charge in [-0.15, -0.1) is 0 Å².